The average Bonchev–Trinajstić information content (AvgIpc) is 3.43. The van der Waals surface area contributed by atoms with Crippen molar-refractivity contribution in [1.82, 2.24) is 19.7 Å². The smallest absolute Gasteiger partial charge is 0.192 e. The maximum absolute atomic E-state index is 13.2. The molecular formula is C24H22N4O3S. The molecule has 32 heavy (non-hydrogen) atoms. The SMILES string of the molecule is C=CCn1c(SC(C)C(=O)c2c[nH]c3ccccc23)nnc1C1COc2ccccc2O1. The number of Topliss-reactive ketones (excluding diaryl/α,β-unsaturated/α-hetero) is 1. The summed E-state index contributed by atoms with van der Waals surface area (Å²) in [6, 6.07) is 15.3. The quantitative estimate of drug-likeness (QED) is 0.249. The molecule has 0 amide bonds. The number of aromatic nitrogens is 4. The number of hydrogen-bond donors (Lipinski definition) is 1. The summed E-state index contributed by atoms with van der Waals surface area (Å²) in [5, 5.41) is 9.96. The number of H-pyrrole nitrogens is 1. The third-order valence-electron chi connectivity index (χ3n) is 5.36. The summed E-state index contributed by atoms with van der Waals surface area (Å²) in [5.41, 5.74) is 1.62. The van der Waals surface area contributed by atoms with Gasteiger partial charge in [-0.05, 0) is 25.1 Å². The van der Waals surface area contributed by atoms with Gasteiger partial charge in [0, 0.05) is 29.2 Å². The highest BCUT2D eigenvalue weighted by molar-refractivity contribution is 8.00. The summed E-state index contributed by atoms with van der Waals surface area (Å²) in [6.45, 7) is 6.58. The molecule has 1 N–H and O–H groups in total. The Balaban J connectivity index is 1.39. The summed E-state index contributed by atoms with van der Waals surface area (Å²) >= 11 is 1.38. The van der Waals surface area contributed by atoms with Gasteiger partial charge in [0.1, 0.15) is 6.61 Å². The minimum absolute atomic E-state index is 0.0355. The first-order valence-corrected chi connectivity index (χ1v) is 11.2. The summed E-state index contributed by atoms with van der Waals surface area (Å²) in [7, 11) is 0. The zero-order chi connectivity index (χ0) is 22.1. The van der Waals surface area contributed by atoms with Crippen molar-refractivity contribution in [3.63, 3.8) is 0 Å². The third kappa shape index (κ3) is 3.67. The Morgan fingerprint density at radius 1 is 1.25 bits per heavy atom. The monoisotopic (exact) mass is 446 g/mol. The van der Waals surface area contributed by atoms with Crippen LogP contribution in [-0.2, 0) is 6.54 Å². The Hall–Kier alpha value is -3.52. The van der Waals surface area contributed by atoms with E-state index in [1.54, 1.807) is 12.3 Å². The van der Waals surface area contributed by atoms with Crippen LogP contribution in [0, 0.1) is 0 Å². The molecule has 0 saturated heterocycles. The molecule has 162 valence electrons. The molecule has 3 heterocycles. The van der Waals surface area contributed by atoms with Gasteiger partial charge in [-0.15, -0.1) is 16.8 Å². The van der Waals surface area contributed by atoms with Gasteiger partial charge in [0.05, 0.1) is 5.25 Å². The number of carbonyl (C=O) groups is 1. The number of aromatic amines is 1. The van der Waals surface area contributed by atoms with Crippen LogP contribution in [0.25, 0.3) is 10.9 Å². The number of nitrogens with one attached hydrogen (secondary N) is 1. The number of para-hydroxylation sites is 3. The highest BCUT2D eigenvalue weighted by Gasteiger charge is 2.29. The number of hydrogen-bond acceptors (Lipinski definition) is 6. The molecule has 0 radical (unpaired) electrons. The first-order valence-electron chi connectivity index (χ1n) is 10.3. The van der Waals surface area contributed by atoms with Gasteiger partial charge in [0.25, 0.3) is 0 Å². The average molecular weight is 447 g/mol. The second-order valence-electron chi connectivity index (χ2n) is 7.48. The minimum atomic E-state index is -0.397. The zero-order valence-electron chi connectivity index (χ0n) is 17.5. The molecule has 0 fully saturated rings. The molecule has 2 unspecified atom stereocenters. The largest absolute Gasteiger partial charge is 0.485 e. The van der Waals surface area contributed by atoms with Gasteiger partial charge in [-0.2, -0.15) is 0 Å². The highest BCUT2D eigenvalue weighted by atomic mass is 32.2. The Morgan fingerprint density at radius 2 is 2.03 bits per heavy atom. The van der Waals surface area contributed by atoms with Crippen molar-refractivity contribution in [3.8, 4) is 11.5 Å². The van der Waals surface area contributed by atoms with Crippen molar-refractivity contribution in [2.75, 3.05) is 6.61 Å². The number of rotatable bonds is 7. The van der Waals surface area contributed by atoms with E-state index in [9.17, 15) is 4.79 Å². The number of allylic oxidation sites excluding steroid dienone is 1. The zero-order valence-corrected chi connectivity index (χ0v) is 18.3. The van der Waals surface area contributed by atoms with Crippen molar-refractivity contribution in [3.05, 3.63) is 78.8 Å². The predicted molar refractivity (Wildman–Crippen MR) is 123 cm³/mol. The molecule has 5 rings (SSSR count). The van der Waals surface area contributed by atoms with Gasteiger partial charge in [-0.25, -0.2) is 0 Å². The number of fused-ring (bicyclic) bond motifs is 2. The van der Waals surface area contributed by atoms with E-state index in [0.717, 1.165) is 10.9 Å². The summed E-state index contributed by atoms with van der Waals surface area (Å²) < 4.78 is 13.9. The van der Waals surface area contributed by atoms with Gasteiger partial charge in [-0.1, -0.05) is 48.2 Å². The Bertz CT molecular complexity index is 1300. The molecule has 4 aromatic rings. The van der Waals surface area contributed by atoms with Gasteiger partial charge >= 0.3 is 0 Å². The highest BCUT2D eigenvalue weighted by Crippen LogP contribution is 2.36. The van der Waals surface area contributed by atoms with E-state index in [2.05, 4.69) is 21.8 Å². The first kappa shape index (κ1) is 20.4. The van der Waals surface area contributed by atoms with Crippen molar-refractivity contribution < 1.29 is 14.3 Å². The first-order chi connectivity index (χ1) is 15.7. The summed E-state index contributed by atoms with van der Waals surface area (Å²) in [4.78, 5) is 16.3. The maximum Gasteiger partial charge on any atom is 0.192 e. The maximum atomic E-state index is 13.2. The van der Waals surface area contributed by atoms with E-state index >= 15 is 0 Å². The molecule has 2 aromatic heterocycles. The molecule has 1 aliphatic rings. The van der Waals surface area contributed by atoms with Crippen LogP contribution >= 0.6 is 11.8 Å². The number of ether oxygens (including phenoxy) is 2. The van der Waals surface area contributed by atoms with Gasteiger partial charge < -0.3 is 14.5 Å². The number of thioether (sulfide) groups is 1. The van der Waals surface area contributed by atoms with E-state index < -0.39 is 6.10 Å². The van der Waals surface area contributed by atoms with Crippen LogP contribution < -0.4 is 9.47 Å². The molecule has 2 aromatic carbocycles. The number of ketones is 1. The van der Waals surface area contributed by atoms with Crippen molar-refractivity contribution in [2.24, 2.45) is 0 Å². The summed E-state index contributed by atoms with van der Waals surface area (Å²) in [6.07, 6.45) is 3.15. The van der Waals surface area contributed by atoms with E-state index in [0.29, 0.717) is 41.2 Å². The molecule has 1 aliphatic heterocycles. The van der Waals surface area contributed by atoms with Crippen LogP contribution in [0.2, 0.25) is 0 Å². The molecular weight excluding hydrogens is 424 g/mol. The fraction of sp³-hybridized carbons (Fsp3) is 0.208. The van der Waals surface area contributed by atoms with E-state index in [1.807, 2.05) is 60.0 Å². The third-order valence-corrected chi connectivity index (χ3v) is 6.44. The van der Waals surface area contributed by atoms with Gasteiger partial charge in [-0.3, -0.25) is 9.36 Å². The van der Waals surface area contributed by atoms with E-state index in [1.165, 1.54) is 11.8 Å². The topological polar surface area (TPSA) is 82.0 Å². The van der Waals surface area contributed by atoms with Crippen LogP contribution in [0.3, 0.4) is 0 Å². The van der Waals surface area contributed by atoms with E-state index in [-0.39, 0.29) is 11.0 Å². The molecule has 7 nitrogen and oxygen atoms in total. The van der Waals surface area contributed by atoms with Crippen LogP contribution in [0.5, 0.6) is 11.5 Å². The van der Waals surface area contributed by atoms with Crippen LogP contribution in [0.15, 0.2) is 72.5 Å². The second-order valence-corrected chi connectivity index (χ2v) is 8.78. The standard InChI is InChI=1S/C24H22N4O3S/c1-3-12-28-23(21-14-30-19-10-6-7-11-20(19)31-21)26-27-24(28)32-15(2)22(29)17-13-25-18-9-5-4-8-16(17)18/h3-11,13,15,21,25H,1,12,14H2,2H3. The minimum Gasteiger partial charge on any atom is -0.485 e. The summed E-state index contributed by atoms with van der Waals surface area (Å²) in [5.74, 6) is 2.07. The van der Waals surface area contributed by atoms with Gasteiger partial charge in [0.15, 0.2) is 34.4 Å². The fourth-order valence-corrected chi connectivity index (χ4v) is 4.71. The molecule has 0 aliphatic carbocycles. The number of carbonyl (C=O) groups excluding carboxylic acids is 1. The second kappa shape index (κ2) is 8.55. The molecule has 0 saturated carbocycles. The lowest BCUT2D eigenvalue weighted by molar-refractivity contribution is 0.0821. The van der Waals surface area contributed by atoms with Crippen LogP contribution in [-0.4, -0.2) is 37.4 Å². The number of benzene rings is 2. The number of nitrogens with zero attached hydrogens (tertiary/aromatic N) is 3. The normalized spacial score (nSPS) is 16.1. The lowest BCUT2D eigenvalue weighted by atomic mass is 10.1. The fourth-order valence-electron chi connectivity index (χ4n) is 3.78. The van der Waals surface area contributed by atoms with Gasteiger partial charge in [0.2, 0.25) is 0 Å². The van der Waals surface area contributed by atoms with E-state index in [4.69, 9.17) is 9.47 Å². The predicted octanol–water partition coefficient (Wildman–Crippen LogP) is 4.82. The molecule has 0 bridgehead atoms. The molecule has 2 atom stereocenters. The lowest BCUT2D eigenvalue weighted by Crippen LogP contribution is -2.25. The lowest BCUT2D eigenvalue weighted by Gasteiger charge is -2.26. The van der Waals surface area contributed by atoms with Crippen molar-refractivity contribution >= 4 is 28.4 Å². The van der Waals surface area contributed by atoms with Crippen molar-refractivity contribution in [1.29, 1.82) is 0 Å². The Kier molecular flexibility index (Phi) is 5.45. The van der Waals surface area contributed by atoms with Crippen LogP contribution in [0.4, 0.5) is 0 Å². The molecule has 8 heteroatoms. The molecule has 0 spiro atoms. The Morgan fingerprint density at radius 3 is 2.88 bits per heavy atom. The van der Waals surface area contributed by atoms with Crippen LogP contribution in [0.1, 0.15) is 29.2 Å². The Labute approximate surface area is 189 Å². The van der Waals surface area contributed by atoms with Crippen molar-refractivity contribution in [2.45, 2.75) is 30.0 Å².